The van der Waals surface area contributed by atoms with Gasteiger partial charge in [0.2, 0.25) is 5.91 Å². The highest BCUT2D eigenvalue weighted by molar-refractivity contribution is 6.42. The fourth-order valence-corrected chi connectivity index (χ4v) is 2.04. The van der Waals surface area contributed by atoms with Crippen molar-refractivity contribution in [1.29, 1.82) is 0 Å². The highest BCUT2D eigenvalue weighted by Gasteiger charge is 2.11. The summed E-state index contributed by atoms with van der Waals surface area (Å²) in [6, 6.07) is 6.67. The van der Waals surface area contributed by atoms with E-state index in [1.54, 1.807) is 24.3 Å². The number of hydrogen-bond acceptors (Lipinski definition) is 5. The summed E-state index contributed by atoms with van der Waals surface area (Å²) in [5, 5.41) is 11.0. The van der Waals surface area contributed by atoms with Crippen molar-refractivity contribution in [2.24, 2.45) is 5.16 Å². The highest BCUT2D eigenvalue weighted by Crippen LogP contribution is 2.23. The summed E-state index contributed by atoms with van der Waals surface area (Å²) in [7, 11) is 1.44. The van der Waals surface area contributed by atoms with E-state index in [2.05, 4.69) is 20.2 Å². The van der Waals surface area contributed by atoms with Crippen LogP contribution in [0.2, 0.25) is 10.0 Å². The largest absolute Gasteiger partial charge is 0.399 e. The van der Waals surface area contributed by atoms with Gasteiger partial charge in [0, 0.05) is 24.5 Å². The molecule has 0 radical (unpaired) electrons. The van der Waals surface area contributed by atoms with Gasteiger partial charge in [0.1, 0.15) is 13.4 Å². The third-order valence-corrected chi connectivity index (χ3v) is 3.49. The second-order valence-corrected chi connectivity index (χ2v) is 5.10. The van der Waals surface area contributed by atoms with Crippen molar-refractivity contribution >= 4 is 40.6 Å². The van der Waals surface area contributed by atoms with Gasteiger partial charge in [0.25, 0.3) is 0 Å². The second kappa shape index (κ2) is 7.82. The SMILES string of the molecule is CON=C(CCC(=O)Nc1ccon1)c1ccc(Cl)c(Cl)c1. The molecule has 1 aromatic heterocycles. The van der Waals surface area contributed by atoms with Crippen molar-refractivity contribution in [3.05, 3.63) is 46.1 Å². The second-order valence-electron chi connectivity index (χ2n) is 4.28. The number of benzene rings is 1. The van der Waals surface area contributed by atoms with Crippen LogP contribution in [0.3, 0.4) is 0 Å². The minimum absolute atomic E-state index is 0.204. The van der Waals surface area contributed by atoms with E-state index in [1.165, 1.54) is 13.4 Å². The Bertz CT molecular complexity index is 672. The molecule has 0 saturated heterocycles. The number of hydrogen-bond donors (Lipinski definition) is 1. The Labute approximate surface area is 137 Å². The molecule has 0 fully saturated rings. The molecule has 0 aliphatic heterocycles. The number of anilines is 1. The van der Waals surface area contributed by atoms with E-state index in [1.807, 2.05) is 0 Å². The van der Waals surface area contributed by atoms with Gasteiger partial charge >= 0.3 is 0 Å². The van der Waals surface area contributed by atoms with Crippen LogP contribution in [0.4, 0.5) is 5.82 Å². The number of carbonyl (C=O) groups excluding carboxylic acids is 1. The lowest BCUT2D eigenvalue weighted by molar-refractivity contribution is -0.116. The molecule has 6 nitrogen and oxygen atoms in total. The predicted octanol–water partition coefficient (Wildman–Crippen LogP) is 3.75. The molecule has 116 valence electrons. The zero-order valence-corrected chi connectivity index (χ0v) is 13.2. The van der Waals surface area contributed by atoms with Gasteiger partial charge in [-0.1, -0.05) is 39.6 Å². The van der Waals surface area contributed by atoms with Crippen LogP contribution in [-0.4, -0.2) is 23.9 Å². The van der Waals surface area contributed by atoms with Gasteiger partial charge in [-0.05, 0) is 12.1 Å². The van der Waals surface area contributed by atoms with Crippen molar-refractivity contribution in [3.8, 4) is 0 Å². The Kier molecular flexibility index (Phi) is 5.80. The maximum absolute atomic E-state index is 11.8. The van der Waals surface area contributed by atoms with Gasteiger partial charge in [-0.3, -0.25) is 4.79 Å². The average molecular weight is 342 g/mol. The number of carbonyl (C=O) groups is 1. The molecule has 0 aliphatic rings. The van der Waals surface area contributed by atoms with Gasteiger partial charge in [0.05, 0.1) is 15.8 Å². The standard InChI is InChI=1S/C14H13Cl2N3O3/c1-21-18-12(9-2-3-10(15)11(16)8-9)4-5-14(20)17-13-6-7-22-19-13/h2-3,6-8H,4-5H2,1H3,(H,17,19,20). The molecule has 0 spiro atoms. The average Bonchev–Trinajstić information content (AvgIpc) is 2.99. The Morgan fingerprint density at radius 2 is 2.14 bits per heavy atom. The lowest BCUT2D eigenvalue weighted by Gasteiger charge is -2.07. The topological polar surface area (TPSA) is 76.7 Å². The zero-order chi connectivity index (χ0) is 15.9. The van der Waals surface area contributed by atoms with E-state index < -0.39 is 0 Å². The number of oxime groups is 1. The van der Waals surface area contributed by atoms with Gasteiger partial charge in [0.15, 0.2) is 5.82 Å². The molecule has 0 saturated carbocycles. The molecule has 0 unspecified atom stereocenters. The molecule has 8 heteroatoms. The van der Waals surface area contributed by atoms with E-state index in [9.17, 15) is 4.79 Å². The molecule has 0 bridgehead atoms. The minimum atomic E-state index is -0.210. The number of nitrogens with zero attached hydrogens (tertiary/aromatic N) is 2. The third-order valence-electron chi connectivity index (χ3n) is 2.75. The first-order valence-electron chi connectivity index (χ1n) is 6.36. The Balaban J connectivity index is 2.01. The summed E-state index contributed by atoms with van der Waals surface area (Å²) in [5.74, 6) is 0.155. The number of amides is 1. The molecule has 1 aromatic carbocycles. The Hall–Kier alpha value is -2.05. The first kappa shape index (κ1) is 16.3. The number of rotatable bonds is 6. The summed E-state index contributed by atoms with van der Waals surface area (Å²) in [6.07, 6.45) is 1.95. The molecular formula is C14H13Cl2N3O3. The molecule has 1 amide bonds. The zero-order valence-electron chi connectivity index (χ0n) is 11.7. The molecule has 0 atom stereocenters. The van der Waals surface area contributed by atoms with E-state index in [-0.39, 0.29) is 12.3 Å². The molecule has 22 heavy (non-hydrogen) atoms. The van der Waals surface area contributed by atoms with Crippen LogP contribution in [0.5, 0.6) is 0 Å². The van der Waals surface area contributed by atoms with Crippen LogP contribution in [0.1, 0.15) is 18.4 Å². The van der Waals surface area contributed by atoms with Gasteiger partial charge in [-0.25, -0.2) is 0 Å². The third kappa shape index (κ3) is 4.47. The summed E-state index contributed by atoms with van der Waals surface area (Å²) in [6.45, 7) is 0. The van der Waals surface area contributed by atoms with Crippen molar-refractivity contribution in [2.75, 3.05) is 12.4 Å². The van der Waals surface area contributed by atoms with Crippen molar-refractivity contribution in [3.63, 3.8) is 0 Å². The van der Waals surface area contributed by atoms with E-state index >= 15 is 0 Å². The van der Waals surface area contributed by atoms with E-state index in [4.69, 9.17) is 28.0 Å². The lowest BCUT2D eigenvalue weighted by Crippen LogP contribution is -2.14. The molecule has 2 rings (SSSR count). The van der Waals surface area contributed by atoms with Crippen LogP contribution < -0.4 is 5.32 Å². The van der Waals surface area contributed by atoms with Crippen molar-refractivity contribution in [1.82, 2.24) is 5.16 Å². The van der Waals surface area contributed by atoms with Crippen LogP contribution in [0, 0.1) is 0 Å². The Morgan fingerprint density at radius 1 is 1.32 bits per heavy atom. The Morgan fingerprint density at radius 3 is 2.77 bits per heavy atom. The summed E-state index contributed by atoms with van der Waals surface area (Å²) in [5.41, 5.74) is 1.34. The molecule has 0 aliphatic carbocycles. The summed E-state index contributed by atoms with van der Waals surface area (Å²) >= 11 is 11.9. The smallest absolute Gasteiger partial charge is 0.226 e. The molecular weight excluding hydrogens is 329 g/mol. The number of halogens is 2. The van der Waals surface area contributed by atoms with E-state index in [0.717, 1.165) is 5.56 Å². The first-order valence-corrected chi connectivity index (χ1v) is 7.11. The van der Waals surface area contributed by atoms with Crippen LogP contribution in [-0.2, 0) is 9.63 Å². The first-order chi connectivity index (χ1) is 10.6. The van der Waals surface area contributed by atoms with Gasteiger partial charge in [-0.2, -0.15) is 0 Å². The minimum Gasteiger partial charge on any atom is -0.399 e. The van der Waals surface area contributed by atoms with Gasteiger partial charge < -0.3 is 14.7 Å². The fourth-order valence-electron chi connectivity index (χ4n) is 1.74. The quantitative estimate of drug-likeness (QED) is 0.641. The number of aromatic nitrogens is 1. The molecule has 2 aromatic rings. The monoisotopic (exact) mass is 341 g/mol. The lowest BCUT2D eigenvalue weighted by atomic mass is 10.1. The highest BCUT2D eigenvalue weighted by atomic mass is 35.5. The van der Waals surface area contributed by atoms with Crippen LogP contribution >= 0.6 is 23.2 Å². The van der Waals surface area contributed by atoms with Crippen LogP contribution in [0.15, 0.2) is 40.2 Å². The normalized spacial score (nSPS) is 11.3. The van der Waals surface area contributed by atoms with Crippen molar-refractivity contribution < 1.29 is 14.2 Å². The van der Waals surface area contributed by atoms with Crippen LogP contribution in [0.25, 0.3) is 0 Å². The van der Waals surface area contributed by atoms with Crippen molar-refractivity contribution in [2.45, 2.75) is 12.8 Å². The predicted molar refractivity (Wildman–Crippen MR) is 84.4 cm³/mol. The van der Waals surface area contributed by atoms with Gasteiger partial charge in [-0.15, -0.1) is 0 Å². The maximum Gasteiger partial charge on any atom is 0.226 e. The maximum atomic E-state index is 11.8. The molecule has 1 heterocycles. The summed E-state index contributed by atoms with van der Waals surface area (Å²) < 4.78 is 4.64. The fraction of sp³-hybridized carbons (Fsp3) is 0.214. The van der Waals surface area contributed by atoms with E-state index in [0.29, 0.717) is 28.0 Å². The molecule has 1 N–H and O–H groups in total. The number of nitrogens with one attached hydrogen (secondary N) is 1. The summed E-state index contributed by atoms with van der Waals surface area (Å²) in [4.78, 5) is 16.7.